The van der Waals surface area contributed by atoms with Crippen molar-refractivity contribution >= 4 is 12.0 Å². The minimum absolute atomic E-state index is 0.796. The van der Waals surface area contributed by atoms with Gasteiger partial charge in [0.05, 0.1) is 18.7 Å². The smallest absolute Gasteiger partial charge is 0.228 e. The molecule has 0 fully saturated rings. The van der Waals surface area contributed by atoms with Gasteiger partial charge in [-0.25, -0.2) is 0 Å². The van der Waals surface area contributed by atoms with E-state index in [1.165, 1.54) is 0 Å². The standard InChI is InChI=1S/C12H23BN3O3/c1-9(17)14-13(15-10(2)18,16-11(3)19)12-7-5-4-6-8-12/h4-11,14-19H,1-3H3/q-1. The molecule has 6 nitrogen and oxygen atoms in total. The molecule has 3 atom stereocenters. The van der Waals surface area contributed by atoms with Crippen molar-refractivity contribution in [3.63, 3.8) is 0 Å². The Bertz CT molecular complexity index is 347. The number of rotatable bonds is 7. The third-order valence-electron chi connectivity index (χ3n) is 2.77. The molecule has 0 bridgehead atoms. The Kier molecular flexibility index (Phi) is 5.93. The highest BCUT2D eigenvalue weighted by atomic mass is 16.3. The minimum Gasteiger partial charge on any atom is -0.434 e. The first kappa shape index (κ1) is 16.1. The maximum Gasteiger partial charge on any atom is 0.228 e. The lowest BCUT2D eigenvalue weighted by atomic mass is 9.52. The van der Waals surface area contributed by atoms with Crippen LogP contribution >= 0.6 is 0 Å². The first-order valence-electron chi connectivity index (χ1n) is 6.44. The van der Waals surface area contributed by atoms with Crippen LogP contribution in [-0.4, -0.2) is 40.6 Å². The van der Waals surface area contributed by atoms with Gasteiger partial charge in [-0.2, -0.15) is 5.46 Å². The predicted molar refractivity (Wildman–Crippen MR) is 76.3 cm³/mol. The lowest BCUT2D eigenvalue weighted by Gasteiger charge is -2.47. The van der Waals surface area contributed by atoms with Crippen LogP contribution in [0.5, 0.6) is 0 Å². The van der Waals surface area contributed by atoms with Crippen molar-refractivity contribution in [2.75, 3.05) is 0 Å². The van der Waals surface area contributed by atoms with E-state index in [4.69, 9.17) is 0 Å². The number of hydrogen-bond donors (Lipinski definition) is 6. The van der Waals surface area contributed by atoms with E-state index in [-0.39, 0.29) is 0 Å². The molecule has 0 aliphatic rings. The number of aliphatic hydroxyl groups excluding tert-OH is 3. The van der Waals surface area contributed by atoms with Crippen LogP contribution in [0.25, 0.3) is 0 Å². The first-order chi connectivity index (χ1) is 8.85. The highest BCUT2D eigenvalue weighted by molar-refractivity contribution is 6.85. The third kappa shape index (κ3) is 4.91. The van der Waals surface area contributed by atoms with E-state index in [2.05, 4.69) is 15.7 Å². The zero-order valence-corrected chi connectivity index (χ0v) is 11.5. The quantitative estimate of drug-likeness (QED) is 0.269. The molecule has 0 spiro atoms. The zero-order chi connectivity index (χ0) is 14.5. The second kappa shape index (κ2) is 7.00. The second-order valence-electron chi connectivity index (χ2n) is 4.80. The van der Waals surface area contributed by atoms with Gasteiger partial charge in [-0.15, -0.1) is 0 Å². The van der Waals surface area contributed by atoms with Crippen molar-refractivity contribution in [2.24, 2.45) is 0 Å². The Labute approximate surface area is 113 Å². The molecule has 0 saturated heterocycles. The fourth-order valence-corrected chi connectivity index (χ4v) is 2.26. The highest BCUT2D eigenvalue weighted by Crippen LogP contribution is 1.98. The van der Waals surface area contributed by atoms with Gasteiger partial charge in [0.2, 0.25) is 6.55 Å². The molecule has 6 N–H and O–H groups in total. The molecular weight excluding hydrogens is 245 g/mol. The normalized spacial score (nSPS) is 19.5. The largest absolute Gasteiger partial charge is 0.434 e. The topological polar surface area (TPSA) is 96.8 Å². The molecule has 108 valence electrons. The number of nitrogens with one attached hydrogen (secondary N) is 3. The average Bonchev–Trinajstić information content (AvgIpc) is 2.27. The molecule has 0 amide bonds. The van der Waals surface area contributed by atoms with E-state index in [0.29, 0.717) is 0 Å². The monoisotopic (exact) mass is 268 g/mol. The van der Waals surface area contributed by atoms with Crippen molar-refractivity contribution in [1.82, 2.24) is 15.7 Å². The van der Waals surface area contributed by atoms with Crippen LogP contribution in [0.2, 0.25) is 0 Å². The summed E-state index contributed by atoms with van der Waals surface area (Å²) in [7, 11) is 0. The summed E-state index contributed by atoms with van der Waals surface area (Å²) < 4.78 is 0. The van der Waals surface area contributed by atoms with Crippen LogP contribution in [0.15, 0.2) is 30.3 Å². The molecule has 1 aromatic rings. The minimum atomic E-state index is -1.91. The van der Waals surface area contributed by atoms with Crippen LogP contribution < -0.4 is 21.1 Å². The fraction of sp³-hybridized carbons (Fsp3) is 0.500. The second-order valence-corrected chi connectivity index (χ2v) is 4.80. The maximum absolute atomic E-state index is 9.64. The van der Waals surface area contributed by atoms with Crippen molar-refractivity contribution in [2.45, 2.75) is 39.5 Å². The molecule has 0 aliphatic heterocycles. The van der Waals surface area contributed by atoms with Crippen LogP contribution in [0.1, 0.15) is 20.8 Å². The SMILES string of the molecule is CC(O)N[B-](NC(C)O)(NC(C)O)c1ccccc1. The molecule has 1 rings (SSSR count). The van der Waals surface area contributed by atoms with Crippen molar-refractivity contribution in [1.29, 1.82) is 0 Å². The Morgan fingerprint density at radius 1 is 0.789 bits per heavy atom. The van der Waals surface area contributed by atoms with Gasteiger partial charge in [0, 0.05) is 0 Å². The van der Waals surface area contributed by atoms with E-state index < -0.39 is 25.2 Å². The fourth-order valence-electron chi connectivity index (χ4n) is 2.26. The summed E-state index contributed by atoms with van der Waals surface area (Å²) in [5.74, 6) is 0. The summed E-state index contributed by atoms with van der Waals surface area (Å²) in [6.45, 7) is 2.81. The average molecular weight is 268 g/mol. The lowest BCUT2D eigenvalue weighted by Crippen LogP contribution is -2.83. The summed E-state index contributed by atoms with van der Waals surface area (Å²) in [5, 5.41) is 37.8. The number of hydrogen-bond acceptors (Lipinski definition) is 6. The number of benzene rings is 1. The molecule has 0 aromatic heterocycles. The molecule has 3 unspecified atom stereocenters. The van der Waals surface area contributed by atoms with E-state index in [0.717, 1.165) is 5.46 Å². The zero-order valence-electron chi connectivity index (χ0n) is 11.5. The molecular formula is C12H23BN3O3-. The van der Waals surface area contributed by atoms with Crippen LogP contribution in [0.3, 0.4) is 0 Å². The van der Waals surface area contributed by atoms with Crippen molar-refractivity contribution in [3.05, 3.63) is 30.3 Å². The van der Waals surface area contributed by atoms with E-state index in [1.807, 2.05) is 30.3 Å². The Balaban J connectivity index is 3.16. The molecule has 7 heteroatoms. The van der Waals surface area contributed by atoms with Gasteiger partial charge < -0.3 is 31.0 Å². The maximum atomic E-state index is 9.64. The summed E-state index contributed by atoms with van der Waals surface area (Å²) in [6, 6.07) is 9.27. The van der Waals surface area contributed by atoms with Gasteiger partial charge in [0.15, 0.2) is 0 Å². The van der Waals surface area contributed by atoms with Gasteiger partial charge in [-0.05, 0) is 20.8 Å². The third-order valence-corrected chi connectivity index (χ3v) is 2.77. The molecule has 0 radical (unpaired) electrons. The van der Waals surface area contributed by atoms with Gasteiger partial charge >= 0.3 is 0 Å². The summed E-state index contributed by atoms with van der Waals surface area (Å²) in [5.41, 5.74) is 0.796. The van der Waals surface area contributed by atoms with Gasteiger partial charge in [-0.3, -0.25) is 0 Å². The molecule has 0 heterocycles. The first-order valence-corrected chi connectivity index (χ1v) is 6.44. The summed E-state index contributed by atoms with van der Waals surface area (Å²) >= 11 is 0. The van der Waals surface area contributed by atoms with Gasteiger partial charge in [0.1, 0.15) is 0 Å². The molecule has 19 heavy (non-hydrogen) atoms. The Hall–Kier alpha value is -0.955. The Morgan fingerprint density at radius 3 is 1.47 bits per heavy atom. The predicted octanol–water partition coefficient (Wildman–Crippen LogP) is -1.38. The van der Waals surface area contributed by atoms with Crippen molar-refractivity contribution < 1.29 is 15.3 Å². The van der Waals surface area contributed by atoms with E-state index in [1.54, 1.807) is 20.8 Å². The van der Waals surface area contributed by atoms with Gasteiger partial charge in [-0.1, -0.05) is 30.3 Å². The van der Waals surface area contributed by atoms with Gasteiger partial charge in [0.25, 0.3) is 0 Å². The van der Waals surface area contributed by atoms with E-state index in [9.17, 15) is 15.3 Å². The van der Waals surface area contributed by atoms with Crippen molar-refractivity contribution in [3.8, 4) is 0 Å². The van der Waals surface area contributed by atoms with Crippen LogP contribution in [-0.2, 0) is 0 Å². The highest BCUT2D eigenvalue weighted by Gasteiger charge is 2.29. The van der Waals surface area contributed by atoms with Crippen LogP contribution in [0, 0.1) is 0 Å². The number of aliphatic hydroxyl groups is 3. The Morgan fingerprint density at radius 2 is 1.16 bits per heavy atom. The lowest BCUT2D eigenvalue weighted by molar-refractivity contribution is 0.149. The summed E-state index contributed by atoms with van der Waals surface area (Å²) in [6.07, 6.45) is -2.46. The molecule has 0 saturated carbocycles. The molecule has 1 aromatic carbocycles. The van der Waals surface area contributed by atoms with E-state index >= 15 is 0 Å². The summed E-state index contributed by atoms with van der Waals surface area (Å²) in [4.78, 5) is 0. The van der Waals surface area contributed by atoms with Crippen LogP contribution in [0.4, 0.5) is 0 Å². The molecule has 0 aliphatic carbocycles.